The van der Waals surface area contributed by atoms with Gasteiger partial charge >= 0.3 is 0 Å². The molecular formula is C33H35N3O4S2. The number of hydrogen-bond acceptors (Lipinski definition) is 5. The molecule has 42 heavy (non-hydrogen) atoms. The summed E-state index contributed by atoms with van der Waals surface area (Å²) in [5, 5.41) is 2.70. The molecule has 218 valence electrons. The van der Waals surface area contributed by atoms with Crippen molar-refractivity contribution in [3.05, 3.63) is 126 Å². The van der Waals surface area contributed by atoms with Crippen molar-refractivity contribution >= 4 is 39.3 Å². The molecule has 0 aliphatic rings. The molecule has 0 spiro atoms. The molecule has 1 N–H and O–H groups in total. The molecule has 0 saturated heterocycles. The van der Waals surface area contributed by atoms with Crippen LogP contribution < -0.4 is 9.62 Å². The highest BCUT2D eigenvalue weighted by Gasteiger charge is 2.34. The summed E-state index contributed by atoms with van der Waals surface area (Å²) in [4.78, 5) is 30.0. The van der Waals surface area contributed by atoms with Gasteiger partial charge in [-0.25, -0.2) is 8.42 Å². The SMILES string of the molecule is CNC(=O)C(Cc1ccccc1)N(Cc1ccccc1)C(=O)CN(c1ccc(C)cc1)S(=O)(=O)c1ccc(SC)cc1. The van der Waals surface area contributed by atoms with E-state index in [2.05, 4.69) is 5.32 Å². The van der Waals surface area contributed by atoms with E-state index >= 15 is 0 Å². The number of amides is 2. The van der Waals surface area contributed by atoms with Crippen LogP contribution in [0.25, 0.3) is 0 Å². The van der Waals surface area contributed by atoms with Crippen LogP contribution >= 0.6 is 11.8 Å². The lowest BCUT2D eigenvalue weighted by Gasteiger charge is -2.33. The van der Waals surface area contributed by atoms with Crippen molar-refractivity contribution in [1.82, 2.24) is 10.2 Å². The molecule has 1 atom stereocenters. The second kappa shape index (κ2) is 14.2. The zero-order valence-corrected chi connectivity index (χ0v) is 25.6. The molecule has 0 fully saturated rings. The largest absolute Gasteiger partial charge is 0.357 e. The van der Waals surface area contributed by atoms with Crippen molar-refractivity contribution in [2.75, 3.05) is 24.2 Å². The summed E-state index contributed by atoms with van der Waals surface area (Å²) < 4.78 is 29.2. The molecule has 0 aliphatic carbocycles. The molecule has 0 aromatic heterocycles. The Morgan fingerprint density at radius 3 is 1.93 bits per heavy atom. The maximum absolute atomic E-state index is 14.3. The number of nitrogens with zero attached hydrogens (tertiary/aromatic N) is 2. The minimum absolute atomic E-state index is 0.0791. The predicted molar refractivity (Wildman–Crippen MR) is 169 cm³/mol. The fraction of sp³-hybridized carbons (Fsp3) is 0.212. The number of anilines is 1. The Morgan fingerprint density at radius 2 is 1.38 bits per heavy atom. The van der Waals surface area contributed by atoms with Gasteiger partial charge in [0.25, 0.3) is 10.0 Å². The van der Waals surface area contributed by atoms with Gasteiger partial charge in [0.15, 0.2) is 0 Å². The van der Waals surface area contributed by atoms with E-state index in [1.165, 1.54) is 23.7 Å². The van der Waals surface area contributed by atoms with Crippen LogP contribution in [0.3, 0.4) is 0 Å². The summed E-state index contributed by atoms with van der Waals surface area (Å²) in [6.45, 7) is 1.56. The summed E-state index contributed by atoms with van der Waals surface area (Å²) >= 11 is 1.51. The van der Waals surface area contributed by atoms with Gasteiger partial charge in [-0.15, -0.1) is 11.8 Å². The summed E-state index contributed by atoms with van der Waals surface area (Å²) in [6.07, 6.45) is 2.19. The third-order valence-corrected chi connectivity index (χ3v) is 9.49. The number of sulfonamides is 1. The van der Waals surface area contributed by atoms with E-state index in [4.69, 9.17) is 0 Å². The number of benzene rings is 4. The van der Waals surface area contributed by atoms with Crippen LogP contribution in [0.5, 0.6) is 0 Å². The van der Waals surface area contributed by atoms with E-state index in [0.29, 0.717) is 5.69 Å². The maximum Gasteiger partial charge on any atom is 0.264 e. The number of hydrogen-bond donors (Lipinski definition) is 1. The normalized spacial score (nSPS) is 11.9. The second-order valence-electron chi connectivity index (χ2n) is 9.85. The number of rotatable bonds is 12. The molecule has 9 heteroatoms. The first-order valence-electron chi connectivity index (χ1n) is 13.6. The van der Waals surface area contributed by atoms with Gasteiger partial charge in [0.05, 0.1) is 10.6 Å². The van der Waals surface area contributed by atoms with E-state index in [-0.39, 0.29) is 23.8 Å². The molecule has 0 radical (unpaired) electrons. The molecule has 2 amide bonds. The van der Waals surface area contributed by atoms with Crippen molar-refractivity contribution in [3.8, 4) is 0 Å². The van der Waals surface area contributed by atoms with Crippen molar-refractivity contribution in [2.24, 2.45) is 0 Å². The van der Waals surface area contributed by atoms with E-state index in [9.17, 15) is 18.0 Å². The lowest BCUT2D eigenvalue weighted by molar-refractivity contribution is -0.139. The lowest BCUT2D eigenvalue weighted by atomic mass is 10.0. The Balaban J connectivity index is 1.76. The van der Waals surface area contributed by atoms with E-state index in [0.717, 1.165) is 25.9 Å². The Bertz CT molecular complexity index is 1580. The van der Waals surface area contributed by atoms with Crippen LogP contribution in [0, 0.1) is 6.92 Å². The maximum atomic E-state index is 14.3. The van der Waals surface area contributed by atoms with Gasteiger partial charge in [0, 0.05) is 24.9 Å². The molecule has 7 nitrogen and oxygen atoms in total. The lowest BCUT2D eigenvalue weighted by Crippen LogP contribution is -2.53. The van der Waals surface area contributed by atoms with Gasteiger partial charge in [-0.2, -0.15) is 0 Å². The third kappa shape index (κ3) is 7.60. The number of thioether (sulfide) groups is 1. The highest BCUT2D eigenvalue weighted by atomic mass is 32.2. The fourth-order valence-corrected chi connectivity index (χ4v) is 6.44. The summed E-state index contributed by atoms with van der Waals surface area (Å²) in [5.41, 5.74) is 3.03. The smallest absolute Gasteiger partial charge is 0.264 e. The van der Waals surface area contributed by atoms with Gasteiger partial charge in [-0.3, -0.25) is 13.9 Å². The van der Waals surface area contributed by atoms with Crippen molar-refractivity contribution < 1.29 is 18.0 Å². The van der Waals surface area contributed by atoms with Crippen LogP contribution in [-0.4, -0.2) is 51.0 Å². The van der Waals surface area contributed by atoms with Crippen molar-refractivity contribution in [1.29, 1.82) is 0 Å². The Hall–Kier alpha value is -4.08. The zero-order valence-electron chi connectivity index (χ0n) is 23.9. The van der Waals surface area contributed by atoms with Crippen LogP contribution in [0.4, 0.5) is 5.69 Å². The van der Waals surface area contributed by atoms with E-state index in [1.807, 2.05) is 86.0 Å². The highest BCUT2D eigenvalue weighted by Crippen LogP contribution is 2.27. The van der Waals surface area contributed by atoms with Crippen LogP contribution in [0.1, 0.15) is 16.7 Å². The Labute approximate surface area is 252 Å². The van der Waals surface area contributed by atoms with Crippen LogP contribution in [-0.2, 0) is 32.6 Å². The molecule has 0 aliphatic heterocycles. The quantitative estimate of drug-likeness (QED) is 0.223. The first-order valence-corrected chi connectivity index (χ1v) is 16.2. The number of aryl methyl sites for hydroxylation is 1. The average Bonchev–Trinajstić information content (AvgIpc) is 3.02. The van der Waals surface area contributed by atoms with Gasteiger partial charge in [-0.1, -0.05) is 78.4 Å². The monoisotopic (exact) mass is 601 g/mol. The number of nitrogens with one attached hydrogen (secondary N) is 1. The number of carbonyl (C=O) groups excluding carboxylic acids is 2. The number of carbonyl (C=O) groups is 2. The molecular weight excluding hydrogens is 567 g/mol. The molecule has 0 saturated carbocycles. The van der Waals surface area contributed by atoms with Gasteiger partial charge in [0.1, 0.15) is 12.6 Å². The summed E-state index contributed by atoms with van der Waals surface area (Å²) in [5.74, 6) is -0.825. The van der Waals surface area contributed by atoms with E-state index in [1.54, 1.807) is 36.4 Å². The van der Waals surface area contributed by atoms with Gasteiger partial charge < -0.3 is 10.2 Å². The Morgan fingerprint density at radius 1 is 0.810 bits per heavy atom. The Kier molecular flexibility index (Phi) is 10.4. The van der Waals surface area contributed by atoms with Crippen LogP contribution in [0.2, 0.25) is 0 Å². The molecule has 4 aromatic carbocycles. The van der Waals surface area contributed by atoms with Crippen molar-refractivity contribution in [3.63, 3.8) is 0 Å². The summed E-state index contributed by atoms with van der Waals surface area (Å²) in [6, 6.07) is 31.6. The molecule has 0 bridgehead atoms. The van der Waals surface area contributed by atoms with Crippen molar-refractivity contribution in [2.45, 2.75) is 35.7 Å². The topological polar surface area (TPSA) is 86.8 Å². The minimum atomic E-state index is -4.13. The van der Waals surface area contributed by atoms with Gasteiger partial charge in [0.2, 0.25) is 11.8 Å². The fourth-order valence-electron chi connectivity index (χ4n) is 4.62. The second-order valence-corrected chi connectivity index (χ2v) is 12.6. The molecule has 0 heterocycles. The van der Waals surface area contributed by atoms with Crippen LogP contribution in [0.15, 0.2) is 119 Å². The predicted octanol–water partition coefficient (Wildman–Crippen LogP) is 5.30. The van der Waals surface area contributed by atoms with Gasteiger partial charge in [-0.05, 0) is 60.7 Å². The molecule has 4 rings (SSSR count). The molecule has 4 aromatic rings. The third-order valence-electron chi connectivity index (χ3n) is 6.96. The highest BCUT2D eigenvalue weighted by molar-refractivity contribution is 7.98. The minimum Gasteiger partial charge on any atom is -0.357 e. The standard InChI is InChI=1S/C33H35N3O4S2/c1-25-14-16-28(17-15-25)36(42(39,40)30-20-18-29(41-3)19-21-30)24-32(37)35(23-27-12-8-5-9-13-27)31(33(38)34-2)22-26-10-6-4-7-11-26/h4-21,31H,22-24H2,1-3H3,(H,34,38). The summed E-state index contributed by atoms with van der Waals surface area (Å²) in [7, 11) is -2.59. The average molecular weight is 602 g/mol. The first kappa shape index (κ1) is 30.9. The first-order chi connectivity index (χ1) is 20.2. The zero-order chi connectivity index (χ0) is 30.1. The molecule has 1 unspecified atom stereocenters. The van der Waals surface area contributed by atoms with E-state index < -0.39 is 28.5 Å². The number of likely N-dealkylation sites (N-methyl/N-ethyl adjacent to an activating group) is 1.